The summed E-state index contributed by atoms with van der Waals surface area (Å²) in [7, 11) is -1.71. The molecule has 55 heavy (non-hydrogen) atoms. The van der Waals surface area contributed by atoms with Gasteiger partial charge in [-0.3, -0.25) is 18.9 Å². The number of carbonyl (C=O) groups is 3. The van der Waals surface area contributed by atoms with Crippen molar-refractivity contribution in [3.63, 3.8) is 0 Å². The molecule has 3 aromatic carbocycles. The molecule has 3 aromatic rings. The Labute approximate surface area is 319 Å². The van der Waals surface area contributed by atoms with Crippen molar-refractivity contribution < 1.29 is 46.3 Å². The third-order valence-corrected chi connectivity index (χ3v) is 11.3. The molecule has 0 aliphatic carbocycles. The fourth-order valence-corrected chi connectivity index (χ4v) is 8.45. The molecule has 290 valence electrons. The maximum absolute atomic E-state index is 13.6. The highest BCUT2D eigenvalue weighted by molar-refractivity contribution is 7.86. The van der Waals surface area contributed by atoms with Crippen LogP contribution in [0.4, 0.5) is 17.1 Å². The molecular formula is C39H43N5O10S. The Morgan fingerprint density at radius 2 is 1.40 bits per heavy atom. The summed E-state index contributed by atoms with van der Waals surface area (Å²) in [6.45, 7) is 11.0. The van der Waals surface area contributed by atoms with Crippen LogP contribution < -0.4 is 34.9 Å². The Hall–Kier alpha value is -5.74. The minimum Gasteiger partial charge on any atom is -0.493 e. The van der Waals surface area contributed by atoms with Gasteiger partial charge in [-0.1, -0.05) is 31.2 Å². The minimum atomic E-state index is -4.64. The molecule has 0 saturated carbocycles. The molecule has 0 aromatic heterocycles. The number of amides is 3. The number of hydrogen-bond acceptors (Lipinski definition) is 11. The highest BCUT2D eigenvalue weighted by Crippen LogP contribution is 2.41. The van der Waals surface area contributed by atoms with Crippen LogP contribution in [-0.2, 0) is 28.1 Å². The van der Waals surface area contributed by atoms with E-state index < -0.39 is 27.4 Å². The average Bonchev–Trinajstić information content (AvgIpc) is 3.67. The number of hydrogen-bond donors (Lipinski definition) is 4. The highest BCUT2D eigenvalue weighted by Gasteiger charge is 2.46. The van der Waals surface area contributed by atoms with Gasteiger partial charge < -0.3 is 44.7 Å². The molecule has 4 N–H and O–H groups in total. The van der Waals surface area contributed by atoms with Crippen LogP contribution in [0.3, 0.4) is 0 Å². The van der Waals surface area contributed by atoms with Gasteiger partial charge >= 0.3 is 0 Å². The summed E-state index contributed by atoms with van der Waals surface area (Å²) >= 11 is 0. The van der Waals surface area contributed by atoms with Gasteiger partial charge in [0.05, 0.1) is 48.8 Å². The molecule has 2 fully saturated rings. The van der Waals surface area contributed by atoms with E-state index in [0.29, 0.717) is 58.2 Å². The van der Waals surface area contributed by atoms with Crippen molar-refractivity contribution in [2.45, 2.75) is 56.9 Å². The third kappa shape index (κ3) is 7.51. The number of fused-ring (bicyclic) bond motifs is 4. The Morgan fingerprint density at radius 1 is 0.836 bits per heavy atom. The second-order valence-electron chi connectivity index (χ2n) is 14.1. The number of nitrogens with zero attached hydrogens (tertiary/aromatic N) is 2. The number of nitrogens with one attached hydrogen (secondary N) is 3. The van der Waals surface area contributed by atoms with E-state index in [0.717, 1.165) is 12.0 Å². The van der Waals surface area contributed by atoms with Gasteiger partial charge in [0, 0.05) is 43.9 Å². The molecule has 4 aliphatic heterocycles. The summed E-state index contributed by atoms with van der Waals surface area (Å²) in [5.41, 5.74) is 4.95. The van der Waals surface area contributed by atoms with E-state index in [-0.39, 0.29) is 73.2 Å². The molecular weight excluding hydrogens is 731 g/mol. The standard InChI is InChI=1S/C39H43N5O10S/c1-6-36(45)41-25-10-23(19-53-34-14-29-27(12-32(34)51-4)38(46)43-17-21(2)7-26(43)16-40-29)9-24(11-25)20-54-35-15-30-28(13-33(35)52-5)39(47)44-18-22(3)8-31(44)37(42-30)55(48,49)50/h9-15,26,31,37,40,42H,2-3,6-8,16-20H2,1,4-5H3,(H,41,45)(H,48,49,50)/t26-,31-,37?/m0/s1. The van der Waals surface area contributed by atoms with E-state index in [4.69, 9.17) is 18.9 Å². The monoisotopic (exact) mass is 773 g/mol. The summed E-state index contributed by atoms with van der Waals surface area (Å²) < 4.78 is 58.9. The van der Waals surface area contributed by atoms with Gasteiger partial charge in [-0.05, 0) is 54.3 Å². The number of anilines is 3. The molecule has 3 atom stereocenters. The van der Waals surface area contributed by atoms with E-state index in [9.17, 15) is 27.4 Å². The molecule has 4 aliphatic rings. The predicted molar refractivity (Wildman–Crippen MR) is 205 cm³/mol. The summed E-state index contributed by atoms with van der Waals surface area (Å²) in [5, 5.41) is 7.64. The quantitative estimate of drug-likeness (QED) is 0.154. The van der Waals surface area contributed by atoms with Crippen molar-refractivity contribution in [2.24, 2.45) is 0 Å². The zero-order valence-electron chi connectivity index (χ0n) is 30.8. The topological polar surface area (TPSA) is 185 Å². The first-order chi connectivity index (χ1) is 26.3. The van der Waals surface area contributed by atoms with Gasteiger partial charge in [0.2, 0.25) is 5.91 Å². The number of rotatable bonds is 11. The zero-order chi connectivity index (χ0) is 39.2. The van der Waals surface area contributed by atoms with E-state index in [2.05, 4.69) is 29.1 Å². The number of benzene rings is 3. The van der Waals surface area contributed by atoms with Crippen LogP contribution in [0.2, 0.25) is 0 Å². The summed E-state index contributed by atoms with van der Waals surface area (Å²) in [6.07, 6.45) is 1.21. The van der Waals surface area contributed by atoms with Crippen molar-refractivity contribution in [3.05, 3.63) is 89.0 Å². The molecule has 0 radical (unpaired) electrons. The normalized spacial score (nSPS) is 20.3. The molecule has 0 bridgehead atoms. The lowest BCUT2D eigenvalue weighted by molar-refractivity contribution is -0.115. The summed E-state index contributed by atoms with van der Waals surface area (Å²) in [5.74, 6) is 0.483. The van der Waals surface area contributed by atoms with Crippen LogP contribution in [0.1, 0.15) is 58.0 Å². The van der Waals surface area contributed by atoms with Crippen molar-refractivity contribution in [1.29, 1.82) is 0 Å². The summed E-state index contributed by atoms with van der Waals surface area (Å²) in [6, 6.07) is 10.9. The maximum atomic E-state index is 13.6. The van der Waals surface area contributed by atoms with Crippen molar-refractivity contribution in [1.82, 2.24) is 9.80 Å². The second kappa shape index (κ2) is 14.8. The fraction of sp³-hybridized carbons (Fsp3) is 0.359. The van der Waals surface area contributed by atoms with Gasteiger partial charge in [0.15, 0.2) is 28.4 Å². The lowest BCUT2D eigenvalue weighted by Crippen LogP contribution is -2.47. The van der Waals surface area contributed by atoms with Gasteiger partial charge in [0.1, 0.15) is 13.2 Å². The van der Waals surface area contributed by atoms with Crippen LogP contribution in [0.15, 0.2) is 66.8 Å². The van der Waals surface area contributed by atoms with Gasteiger partial charge in [-0.25, -0.2) is 0 Å². The molecule has 2 saturated heterocycles. The van der Waals surface area contributed by atoms with E-state index in [1.165, 1.54) is 31.3 Å². The molecule has 7 rings (SSSR count). The van der Waals surface area contributed by atoms with Crippen LogP contribution in [-0.4, -0.2) is 91.8 Å². The first kappa shape index (κ1) is 37.6. The Kier molecular flexibility index (Phi) is 10.1. The molecule has 1 unspecified atom stereocenters. The van der Waals surface area contributed by atoms with Crippen LogP contribution in [0, 0.1) is 0 Å². The molecule has 4 heterocycles. The largest absolute Gasteiger partial charge is 0.493 e. The maximum Gasteiger partial charge on any atom is 0.288 e. The number of methoxy groups -OCH3 is 2. The van der Waals surface area contributed by atoms with Crippen molar-refractivity contribution in [3.8, 4) is 23.0 Å². The predicted octanol–water partition coefficient (Wildman–Crippen LogP) is 4.82. The molecule has 15 nitrogen and oxygen atoms in total. The second-order valence-corrected chi connectivity index (χ2v) is 15.6. The zero-order valence-corrected chi connectivity index (χ0v) is 31.6. The highest BCUT2D eigenvalue weighted by atomic mass is 32.2. The van der Waals surface area contributed by atoms with Gasteiger partial charge in [-0.15, -0.1) is 0 Å². The third-order valence-electron chi connectivity index (χ3n) is 10.2. The molecule has 3 amide bonds. The Balaban J connectivity index is 1.14. The molecule has 0 spiro atoms. The lowest BCUT2D eigenvalue weighted by atomic mass is 10.1. The minimum absolute atomic E-state index is 0.0150. The van der Waals surface area contributed by atoms with Crippen molar-refractivity contribution >= 4 is 44.9 Å². The SMILES string of the molecule is C=C1C[C@H]2CNc3cc(OCc4cc(COc5cc6c(cc5OC)C(=O)N5CC(=C)C[C@H]5C(S(=O)(=O)O)N6)cc(NC(=O)CC)c4)c(OC)cc3C(=O)N2C1. The van der Waals surface area contributed by atoms with Crippen molar-refractivity contribution in [2.75, 3.05) is 49.8 Å². The van der Waals surface area contributed by atoms with Crippen LogP contribution >= 0.6 is 0 Å². The molecule has 16 heteroatoms. The Bertz CT molecular complexity index is 2220. The lowest BCUT2D eigenvalue weighted by Gasteiger charge is -2.26. The van der Waals surface area contributed by atoms with Crippen LogP contribution in [0.25, 0.3) is 0 Å². The summed E-state index contributed by atoms with van der Waals surface area (Å²) in [4.78, 5) is 42.7. The fourth-order valence-electron chi connectivity index (χ4n) is 7.54. The number of carbonyl (C=O) groups excluding carboxylic acids is 3. The number of ether oxygens (including phenoxy) is 4. The first-order valence-electron chi connectivity index (χ1n) is 17.8. The Morgan fingerprint density at radius 3 is 2.00 bits per heavy atom. The first-order valence-corrected chi connectivity index (χ1v) is 19.3. The van der Waals surface area contributed by atoms with E-state index in [1.807, 2.05) is 11.0 Å². The smallest absolute Gasteiger partial charge is 0.288 e. The van der Waals surface area contributed by atoms with E-state index in [1.54, 1.807) is 31.2 Å². The average molecular weight is 774 g/mol. The van der Waals surface area contributed by atoms with Crippen LogP contribution in [0.5, 0.6) is 23.0 Å². The van der Waals surface area contributed by atoms with Gasteiger partial charge in [-0.2, -0.15) is 8.42 Å². The van der Waals surface area contributed by atoms with Gasteiger partial charge in [0.25, 0.3) is 21.9 Å². The van der Waals surface area contributed by atoms with E-state index >= 15 is 0 Å².